The number of alkyl halides is 2. The number of rotatable bonds is 5. The Morgan fingerprint density at radius 1 is 1.54 bits per heavy atom. The molecule has 0 spiro atoms. The van der Waals surface area contributed by atoms with Crippen LogP contribution in [0.5, 0.6) is 0 Å². The van der Waals surface area contributed by atoms with Crippen molar-refractivity contribution in [3.63, 3.8) is 0 Å². The molecule has 0 aromatic rings. The SMILES string of the molecule is CCC(F)(F)CCC/C=N/C(C)=N. The first-order chi connectivity index (χ1) is 5.98. The van der Waals surface area contributed by atoms with Crippen molar-refractivity contribution in [1.29, 1.82) is 5.41 Å². The van der Waals surface area contributed by atoms with Gasteiger partial charge in [0.25, 0.3) is 0 Å². The lowest BCUT2D eigenvalue weighted by Crippen LogP contribution is -2.13. The molecule has 4 heteroatoms. The summed E-state index contributed by atoms with van der Waals surface area (Å²) in [6.07, 6.45) is 2.28. The van der Waals surface area contributed by atoms with E-state index in [1.165, 1.54) is 13.1 Å². The minimum atomic E-state index is -2.53. The van der Waals surface area contributed by atoms with Crippen LogP contribution in [0.15, 0.2) is 4.99 Å². The molecule has 0 aromatic carbocycles. The van der Waals surface area contributed by atoms with Crippen molar-refractivity contribution in [2.45, 2.75) is 45.5 Å². The van der Waals surface area contributed by atoms with Crippen LogP contribution in [0.2, 0.25) is 0 Å². The standard InChI is InChI=1S/C9H16F2N2/c1-3-9(10,11)6-4-5-7-13-8(2)12/h7,12H,3-6H2,1-2H3/b12-8?,13-7+. The molecule has 0 saturated heterocycles. The summed E-state index contributed by atoms with van der Waals surface area (Å²) in [4.78, 5) is 3.68. The molecule has 0 aromatic heterocycles. The van der Waals surface area contributed by atoms with Crippen LogP contribution in [0, 0.1) is 5.41 Å². The third kappa shape index (κ3) is 7.56. The largest absolute Gasteiger partial charge is 0.287 e. The van der Waals surface area contributed by atoms with Gasteiger partial charge in [0.2, 0.25) is 5.92 Å². The molecule has 0 radical (unpaired) electrons. The molecule has 0 rings (SSSR count). The number of halogens is 2. The van der Waals surface area contributed by atoms with E-state index in [4.69, 9.17) is 5.41 Å². The number of hydrogen-bond acceptors (Lipinski definition) is 1. The van der Waals surface area contributed by atoms with E-state index in [1.807, 2.05) is 0 Å². The number of amidine groups is 1. The van der Waals surface area contributed by atoms with Crippen molar-refractivity contribution in [3.05, 3.63) is 0 Å². The van der Waals surface area contributed by atoms with Gasteiger partial charge in [0.05, 0.1) is 0 Å². The third-order valence-electron chi connectivity index (χ3n) is 1.68. The van der Waals surface area contributed by atoms with E-state index in [0.717, 1.165) is 0 Å². The molecular formula is C9H16F2N2. The van der Waals surface area contributed by atoms with Gasteiger partial charge in [-0.25, -0.2) is 13.8 Å². The Balaban J connectivity index is 3.51. The molecule has 0 saturated carbocycles. The maximum Gasteiger partial charge on any atom is 0.247 e. The summed E-state index contributed by atoms with van der Waals surface area (Å²) in [5.74, 6) is -2.32. The van der Waals surface area contributed by atoms with Gasteiger partial charge in [-0.05, 0) is 19.8 Å². The van der Waals surface area contributed by atoms with Crippen LogP contribution in [0.1, 0.15) is 39.5 Å². The van der Waals surface area contributed by atoms with Crippen molar-refractivity contribution in [1.82, 2.24) is 0 Å². The molecule has 0 amide bonds. The number of hydrogen-bond donors (Lipinski definition) is 1. The van der Waals surface area contributed by atoms with Gasteiger partial charge in [-0.15, -0.1) is 0 Å². The van der Waals surface area contributed by atoms with Crippen molar-refractivity contribution in [2.75, 3.05) is 0 Å². The predicted molar refractivity (Wildman–Crippen MR) is 51.0 cm³/mol. The first-order valence-electron chi connectivity index (χ1n) is 4.43. The minimum absolute atomic E-state index is 0.0907. The number of unbranched alkanes of at least 4 members (excludes halogenated alkanes) is 1. The van der Waals surface area contributed by atoms with Gasteiger partial charge < -0.3 is 0 Å². The number of aliphatic imine (C=N–C) groups is 1. The van der Waals surface area contributed by atoms with Crippen molar-refractivity contribution in [3.8, 4) is 0 Å². The number of nitrogens with zero attached hydrogens (tertiary/aromatic N) is 1. The fourth-order valence-corrected chi connectivity index (χ4v) is 0.830. The smallest absolute Gasteiger partial charge is 0.247 e. The normalized spacial score (nSPS) is 12.3. The molecule has 2 nitrogen and oxygen atoms in total. The van der Waals surface area contributed by atoms with Gasteiger partial charge in [0.15, 0.2) is 0 Å². The Labute approximate surface area is 77.6 Å². The summed E-state index contributed by atoms with van der Waals surface area (Å²) >= 11 is 0. The second kappa shape index (κ2) is 5.78. The molecule has 0 heterocycles. The lowest BCUT2D eigenvalue weighted by atomic mass is 10.1. The third-order valence-corrected chi connectivity index (χ3v) is 1.68. The van der Waals surface area contributed by atoms with E-state index in [-0.39, 0.29) is 18.7 Å². The maximum atomic E-state index is 12.7. The van der Waals surface area contributed by atoms with Gasteiger partial charge >= 0.3 is 0 Å². The van der Waals surface area contributed by atoms with Crippen molar-refractivity contribution < 1.29 is 8.78 Å². The Kier molecular flexibility index (Phi) is 5.42. The average molecular weight is 190 g/mol. The van der Waals surface area contributed by atoms with E-state index in [1.54, 1.807) is 6.92 Å². The molecule has 13 heavy (non-hydrogen) atoms. The van der Waals surface area contributed by atoms with Gasteiger partial charge in [-0.2, -0.15) is 0 Å². The fraction of sp³-hybridized carbons (Fsp3) is 0.778. The van der Waals surface area contributed by atoms with Gasteiger partial charge in [-0.1, -0.05) is 6.92 Å². The molecule has 0 aliphatic heterocycles. The molecule has 1 N–H and O–H groups in total. The zero-order valence-electron chi connectivity index (χ0n) is 8.11. The Hall–Kier alpha value is -0.800. The van der Waals surface area contributed by atoms with Gasteiger partial charge in [0, 0.05) is 19.1 Å². The summed E-state index contributed by atoms with van der Waals surface area (Å²) < 4.78 is 25.3. The zero-order valence-corrected chi connectivity index (χ0v) is 8.11. The van der Waals surface area contributed by atoms with Crippen LogP contribution in [0.3, 0.4) is 0 Å². The molecule has 0 aliphatic carbocycles. The van der Waals surface area contributed by atoms with Gasteiger partial charge in [-0.3, -0.25) is 5.41 Å². The molecule has 0 unspecified atom stereocenters. The van der Waals surface area contributed by atoms with E-state index < -0.39 is 5.92 Å². The first kappa shape index (κ1) is 12.2. The van der Waals surface area contributed by atoms with Crippen molar-refractivity contribution in [2.24, 2.45) is 4.99 Å². The molecule has 0 bridgehead atoms. The highest BCUT2D eigenvalue weighted by atomic mass is 19.3. The lowest BCUT2D eigenvalue weighted by molar-refractivity contribution is -0.0125. The highest BCUT2D eigenvalue weighted by molar-refractivity contribution is 5.84. The first-order valence-corrected chi connectivity index (χ1v) is 4.43. The van der Waals surface area contributed by atoms with E-state index in [2.05, 4.69) is 4.99 Å². The summed E-state index contributed by atoms with van der Waals surface area (Å²) in [6, 6.07) is 0. The van der Waals surface area contributed by atoms with Gasteiger partial charge in [0.1, 0.15) is 5.84 Å². The van der Waals surface area contributed by atoms with Crippen LogP contribution in [-0.4, -0.2) is 18.0 Å². The van der Waals surface area contributed by atoms with Crippen LogP contribution in [0.4, 0.5) is 8.78 Å². The second-order valence-corrected chi connectivity index (χ2v) is 3.00. The maximum absolute atomic E-state index is 12.7. The van der Waals surface area contributed by atoms with Crippen LogP contribution in [-0.2, 0) is 0 Å². The quantitative estimate of drug-likeness (QED) is 0.392. The molecular weight excluding hydrogens is 174 g/mol. The Bertz CT molecular complexity index is 188. The van der Waals surface area contributed by atoms with Crippen LogP contribution >= 0.6 is 0 Å². The Morgan fingerprint density at radius 3 is 2.62 bits per heavy atom. The van der Waals surface area contributed by atoms with E-state index in [9.17, 15) is 8.78 Å². The average Bonchev–Trinajstić information content (AvgIpc) is 2.03. The fourth-order valence-electron chi connectivity index (χ4n) is 0.830. The zero-order chi connectivity index (χ0) is 10.3. The summed E-state index contributed by atoms with van der Waals surface area (Å²) in [5, 5.41) is 6.94. The molecule has 0 atom stereocenters. The van der Waals surface area contributed by atoms with Crippen molar-refractivity contribution >= 4 is 12.1 Å². The monoisotopic (exact) mass is 190 g/mol. The van der Waals surface area contributed by atoms with Crippen LogP contribution < -0.4 is 0 Å². The number of nitrogens with one attached hydrogen (secondary N) is 1. The van der Waals surface area contributed by atoms with Crippen LogP contribution in [0.25, 0.3) is 0 Å². The summed E-state index contributed by atoms with van der Waals surface area (Å²) in [5.41, 5.74) is 0. The molecule has 0 aliphatic rings. The van der Waals surface area contributed by atoms with E-state index in [0.29, 0.717) is 12.8 Å². The summed E-state index contributed by atoms with van der Waals surface area (Å²) in [6.45, 7) is 3.03. The topological polar surface area (TPSA) is 36.2 Å². The Morgan fingerprint density at radius 2 is 2.15 bits per heavy atom. The lowest BCUT2D eigenvalue weighted by Gasteiger charge is -2.11. The molecule has 76 valence electrons. The minimum Gasteiger partial charge on any atom is -0.287 e. The highest BCUT2D eigenvalue weighted by Crippen LogP contribution is 2.24. The predicted octanol–water partition coefficient (Wildman–Crippen LogP) is 3.27. The highest BCUT2D eigenvalue weighted by Gasteiger charge is 2.24. The summed E-state index contributed by atoms with van der Waals surface area (Å²) in [7, 11) is 0. The van der Waals surface area contributed by atoms with E-state index >= 15 is 0 Å². The second-order valence-electron chi connectivity index (χ2n) is 3.00. The molecule has 0 fully saturated rings.